The smallest absolute Gasteiger partial charge is 0.317 e. The molecule has 166 valence electrons. The molecular formula is C23H31N5O3. The average molecular weight is 426 g/mol. The Labute approximate surface area is 183 Å². The van der Waals surface area contributed by atoms with Gasteiger partial charge in [-0.1, -0.05) is 41.9 Å². The molecule has 1 unspecified atom stereocenters. The highest BCUT2D eigenvalue weighted by Gasteiger charge is 2.28. The number of benzene rings is 1. The number of aryl methyl sites for hydroxylation is 1. The molecule has 0 radical (unpaired) electrons. The van der Waals surface area contributed by atoms with Crippen molar-refractivity contribution in [2.45, 2.75) is 38.8 Å². The lowest BCUT2D eigenvalue weighted by Crippen LogP contribution is -2.55. The van der Waals surface area contributed by atoms with E-state index in [4.69, 9.17) is 4.52 Å². The number of urea groups is 1. The van der Waals surface area contributed by atoms with Crippen LogP contribution in [0.15, 0.2) is 40.9 Å². The summed E-state index contributed by atoms with van der Waals surface area (Å²) in [5.41, 5.74) is 1.99. The number of hydrogen-bond acceptors (Lipinski definition) is 5. The monoisotopic (exact) mass is 425 g/mol. The Morgan fingerprint density at radius 3 is 2.52 bits per heavy atom. The van der Waals surface area contributed by atoms with Crippen LogP contribution in [0.1, 0.15) is 41.1 Å². The van der Waals surface area contributed by atoms with E-state index in [1.165, 1.54) is 18.4 Å². The first-order valence-electron chi connectivity index (χ1n) is 11.1. The third kappa shape index (κ3) is 5.44. The van der Waals surface area contributed by atoms with Crippen LogP contribution in [0.4, 0.5) is 4.79 Å². The Balaban J connectivity index is 1.24. The molecule has 1 aromatic carbocycles. The predicted octanol–water partition coefficient (Wildman–Crippen LogP) is 2.51. The van der Waals surface area contributed by atoms with Gasteiger partial charge in [0.2, 0.25) is 5.76 Å². The molecule has 1 N–H and O–H groups in total. The van der Waals surface area contributed by atoms with Crippen LogP contribution in [0.2, 0.25) is 0 Å². The molecule has 0 aliphatic carbocycles. The largest absolute Gasteiger partial charge is 0.351 e. The number of piperazine rings is 1. The second-order valence-electron chi connectivity index (χ2n) is 8.40. The maximum Gasteiger partial charge on any atom is 0.317 e. The SMILES string of the molecule is Cc1cc(C(=O)N2CCN(C(=O)NCC3CCCCN3Cc3ccccc3)CC2)on1. The van der Waals surface area contributed by atoms with Crippen molar-refractivity contribution in [1.29, 1.82) is 0 Å². The maximum atomic E-state index is 12.7. The molecular weight excluding hydrogens is 394 g/mol. The number of rotatable bonds is 5. The number of carbonyl (C=O) groups excluding carboxylic acids is 2. The maximum absolute atomic E-state index is 12.7. The fourth-order valence-electron chi connectivity index (χ4n) is 4.37. The van der Waals surface area contributed by atoms with Crippen LogP contribution in [-0.2, 0) is 6.54 Å². The third-order valence-corrected chi connectivity index (χ3v) is 6.16. The minimum atomic E-state index is -0.167. The van der Waals surface area contributed by atoms with Gasteiger partial charge in [0.25, 0.3) is 5.91 Å². The lowest BCUT2D eigenvalue weighted by molar-refractivity contribution is 0.0622. The fourth-order valence-corrected chi connectivity index (χ4v) is 4.37. The summed E-state index contributed by atoms with van der Waals surface area (Å²) in [6.45, 7) is 6.45. The van der Waals surface area contributed by atoms with Crippen LogP contribution < -0.4 is 5.32 Å². The van der Waals surface area contributed by atoms with Crippen molar-refractivity contribution >= 4 is 11.9 Å². The number of likely N-dealkylation sites (tertiary alicyclic amines) is 1. The molecule has 4 rings (SSSR count). The van der Waals surface area contributed by atoms with Gasteiger partial charge in [0.1, 0.15) is 0 Å². The molecule has 0 spiro atoms. The Kier molecular flexibility index (Phi) is 6.86. The van der Waals surface area contributed by atoms with E-state index < -0.39 is 0 Å². The third-order valence-electron chi connectivity index (χ3n) is 6.16. The van der Waals surface area contributed by atoms with Crippen LogP contribution in [0.5, 0.6) is 0 Å². The number of hydrogen-bond donors (Lipinski definition) is 1. The minimum Gasteiger partial charge on any atom is -0.351 e. The average Bonchev–Trinajstić information content (AvgIpc) is 3.25. The van der Waals surface area contributed by atoms with E-state index in [1.807, 2.05) is 6.07 Å². The first kappa shape index (κ1) is 21.4. The van der Waals surface area contributed by atoms with E-state index in [9.17, 15) is 9.59 Å². The molecule has 1 atom stereocenters. The van der Waals surface area contributed by atoms with Gasteiger partial charge in [-0.15, -0.1) is 0 Å². The molecule has 1 aromatic heterocycles. The molecule has 0 bridgehead atoms. The van der Waals surface area contributed by atoms with E-state index in [0.717, 1.165) is 19.5 Å². The van der Waals surface area contributed by atoms with Crippen molar-refractivity contribution < 1.29 is 14.1 Å². The fraction of sp³-hybridized carbons (Fsp3) is 0.522. The molecule has 2 fully saturated rings. The van der Waals surface area contributed by atoms with Crippen molar-refractivity contribution in [2.75, 3.05) is 39.3 Å². The quantitative estimate of drug-likeness (QED) is 0.796. The Morgan fingerprint density at radius 2 is 1.81 bits per heavy atom. The van der Waals surface area contributed by atoms with Gasteiger partial charge in [0.05, 0.1) is 5.69 Å². The molecule has 0 saturated carbocycles. The van der Waals surface area contributed by atoms with E-state index in [1.54, 1.807) is 22.8 Å². The lowest BCUT2D eigenvalue weighted by atomic mass is 10.0. The van der Waals surface area contributed by atoms with Gasteiger partial charge in [-0.3, -0.25) is 9.69 Å². The molecule has 3 amide bonds. The van der Waals surface area contributed by atoms with Gasteiger partial charge in [0.15, 0.2) is 0 Å². The van der Waals surface area contributed by atoms with Crippen molar-refractivity contribution in [3.8, 4) is 0 Å². The van der Waals surface area contributed by atoms with Gasteiger partial charge in [-0.25, -0.2) is 4.79 Å². The zero-order valence-electron chi connectivity index (χ0n) is 18.1. The molecule has 2 aliphatic heterocycles. The van der Waals surface area contributed by atoms with Crippen molar-refractivity contribution in [2.24, 2.45) is 0 Å². The highest BCUT2D eigenvalue weighted by molar-refractivity contribution is 5.91. The van der Waals surface area contributed by atoms with Crippen molar-refractivity contribution in [3.05, 3.63) is 53.4 Å². The number of nitrogens with zero attached hydrogens (tertiary/aromatic N) is 4. The predicted molar refractivity (Wildman–Crippen MR) is 117 cm³/mol. The Morgan fingerprint density at radius 1 is 1.06 bits per heavy atom. The summed E-state index contributed by atoms with van der Waals surface area (Å²) >= 11 is 0. The van der Waals surface area contributed by atoms with E-state index in [-0.39, 0.29) is 17.7 Å². The summed E-state index contributed by atoms with van der Waals surface area (Å²) in [4.78, 5) is 31.2. The minimum absolute atomic E-state index is 0.0483. The molecule has 2 aliphatic rings. The Bertz CT molecular complexity index is 876. The number of nitrogens with one attached hydrogen (secondary N) is 1. The number of amides is 3. The second-order valence-corrected chi connectivity index (χ2v) is 8.40. The summed E-state index contributed by atoms with van der Waals surface area (Å²) in [6.07, 6.45) is 3.51. The van der Waals surface area contributed by atoms with Crippen molar-refractivity contribution in [1.82, 2.24) is 25.2 Å². The zero-order chi connectivity index (χ0) is 21.6. The molecule has 8 heteroatoms. The molecule has 8 nitrogen and oxygen atoms in total. The van der Waals surface area contributed by atoms with Gasteiger partial charge in [0, 0.05) is 51.4 Å². The van der Waals surface area contributed by atoms with Crippen LogP contribution in [-0.4, -0.2) is 77.1 Å². The van der Waals surface area contributed by atoms with Crippen LogP contribution in [0.3, 0.4) is 0 Å². The molecule has 2 aromatic rings. The lowest BCUT2D eigenvalue weighted by Gasteiger charge is -2.37. The summed E-state index contributed by atoms with van der Waals surface area (Å²) in [7, 11) is 0. The normalized spacial score (nSPS) is 20.0. The summed E-state index contributed by atoms with van der Waals surface area (Å²) in [5, 5.41) is 6.91. The second kappa shape index (κ2) is 9.96. The zero-order valence-corrected chi connectivity index (χ0v) is 18.1. The van der Waals surface area contributed by atoms with Crippen LogP contribution >= 0.6 is 0 Å². The Hall–Kier alpha value is -2.87. The summed E-state index contributed by atoms with van der Waals surface area (Å²) < 4.78 is 5.07. The topological polar surface area (TPSA) is 81.9 Å². The number of carbonyl (C=O) groups is 2. The highest BCUT2D eigenvalue weighted by Crippen LogP contribution is 2.19. The standard InChI is InChI=1S/C23H31N5O3/c1-18-15-21(31-25-18)22(29)26-11-13-27(14-12-26)23(30)24-16-20-9-5-6-10-28(20)17-19-7-3-2-4-8-19/h2-4,7-8,15,20H,5-6,9-14,16-17H2,1H3,(H,24,30). The first-order valence-corrected chi connectivity index (χ1v) is 11.1. The van der Waals surface area contributed by atoms with Gasteiger partial charge in [-0.2, -0.15) is 0 Å². The van der Waals surface area contributed by atoms with Crippen LogP contribution in [0.25, 0.3) is 0 Å². The molecule has 31 heavy (non-hydrogen) atoms. The van der Waals surface area contributed by atoms with Gasteiger partial charge in [-0.05, 0) is 31.9 Å². The van der Waals surface area contributed by atoms with Gasteiger partial charge >= 0.3 is 6.03 Å². The number of aromatic nitrogens is 1. The highest BCUT2D eigenvalue weighted by atomic mass is 16.5. The first-order chi connectivity index (χ1) is 15.1. The van der Waals surface area contributed by atoms with Crippen LogP contribution in [0, 0.1) is 6.92 Å². The summed E-state index contributed by atoms with van der Waals surface area (Å²) in [5.74, 6) is 0.0885. The van der Waals surface area contributed by atoms with E-state index >= 15 is 0 Å². The van der Waals surface area contributed by atoms with Gasteiger partial charge < -0.3 is 19.6 Å². The number of piperidine rings is 1. The van der Waals surface area contributed by atoms with E-state index in [0.29, 0.717) is 44.5 Å². The van der Waals surface area contributed by atoms with Crippen molar-refractivity contribution in [3.63, 3.8) is 0 Å². The summed E-state index contributed by atoms with van der Waals surface area (Å²) in [6, 6.07) is 12.5. The van der Waals surface area contributed by atoms with E-state index in [2.05, 4.69) is 39.6 Å². The molecule has 2 saturated heterocycles. The molecule has 3 heterocycles.